The average Bonchev–Trinajstić information content (AvgIpc) is 2.72. The molecule has 0 aromatic heterocycles. The molecule has 0 bridgehead atoms. The van der Waals surface area contributed by atoms with Gasteiger partial charge in [-0.2, -0.15) is 0 Å². The number of hydrogen-bond donors (Lipinski definition) is 2. The summed E-state index contributed by atoms with van der Waals surface area (Å²) in [7, 11) is 0. The molecular formula is C25H30N2. The lowest BCUT2D eigenvalue weighted by Crippen LogP contribution is -2.44. The Balaban J connectivity index is 1.77. The molecule has 0 radical (unpaired) electrons. The normalized spacial score (nSPS) is 13.4. The van der Waals surface area contributed by atoms with Gasteiger partial charge in [0.1, 0.15) is 0 Å². The lowest BCUT2D eigenvalue weighted by atomic mass is 9.90. The van der Waals surface area contributed by atoms with Crippen LogP contribution in [-0.4, -0.2) is 6.04 Å². The van der Waals surface area contributed by atoms with Gasteiger partial charge in [-0.3, -0.25) is 0 Å². The second-order valence-corrected chi connectivity index (χ2v) is 7.39. The summed E-state index contributed by atoms with van der Waals surface area (Å²) in [4.78, 5) is 0. The minimum atomic E-state index is 0.245. The molecule has 0 amide bonds. The number of rotatable bonds is 9. The van der Waals surface area contributed by atoms with Crippen LogP contribution in [0, 0.1) is 5.92 Å². The lowest BCUT2D eigenvalue weighted by Gasteiger charge is -2.33. The monoisotopic (exact) mass is 358 g/mol. The Morgan fingerprint density at radius 2 is 1.04 bits per heavy atom. The molecule has 3 aromatic carbocycles. The van der Waals surface area contributed by atoms with E-state index in [9.17, 15) is 0 Å². The molecule has 0 fully saturated rings. The molecule has 0 aliphatic heterocycles. The van der Waals surface area contributed by atoms with Gasteiger partial charge in [0.05, 0.1) is 0 Å². The summed E-state index contributed by atoms with van der Waals surface area (Å²) in [6.07, 6.45) is 0. The second-order valence-electron chi connectivity index (χ2n) is 7.39. The van der Waals surface area contributed by atoms with Crippen molar-refractivity contribution >= 4 is 0 Å². The fraction of sp³-hybridized carbons (Fsp3) is 0.280. The van der Waals surface area contributed by atoms with E-state index in [2.05, 4.69) is 115 Å². The molecule has 3 aromatic rings. The first-order valence-corrected chi connectivity index (χ1v) is 9.83. The molecule has 0 saturated carbocycles. The maximum absolute atomic E-state index is 3.81. The van der Waals surface area contributed by atoms with Crippen molar-refractivity contribution in [2.24, 2.45) is 5.92 Å². The van der Waals surface area contributed by atoms with E-state index in [1.807, 2.05) is 0 Å². The van der Waals surface area contributed by atoms with Crippen LogP contribution in [0.15, 0.2) is 91.0 Å². The van der Waals surface area contributed by atoms with Gasteiger partial charge >= 0.3 is 0 Å². The van der Waals surface area contributed by atoms with Crippen LogP contribution in [-0.2, 0) is 13.1 Å². The highest BCUT2D eigenvalue weighted by molar-refractivity contribution is 5.23. The van der Waals surface area contributed by atoms with E-state index in [4.69, 9.17) is 0 Å². The third kappa shape index (κ3) is 5.78. The molecule has 0 spiro atoms. The Hall–Kier alpha value is -2.42. The minimum Gasteiger partial charge on any atom is -0.308 e. The maximum Gasteiger partial charge on any atom is 0.0481 e. The molecule has 3 rings (SSSR count). The van der Waals surface area contributed by atoms with E-state index < -0.39 is 0 Å². The van der Waals surface area contributed by atoms with Crippen LogP contribution in [0.4, 0.5) is 0 Å². The molecule has 2 heteroatoms. The van der Waals surface area contributed by atoms with E-state index in [0.717, 1.165) is 13.1 Å². The van der Waals surface area contributed by atoms with Crippen molar-refractivity contribution < 1.29 is 0 Å². The predicted octanol–water partition coefficient (Wildman–Crippen LogP) is 5.33. The van der Waals surface area contributed by atoms with E-state index in [-0.39, 0.29) is 6.04 Å². The standard InChI is InChI=1S/C25H30N2/c1-20(2)24(26-18-21-12-6-3-7-13-21)25(23-16-10-5-11-17-23)27-19-22-14-8-4-9-15-22/h3-17,20,24-27H,18-19H2,1-2H3. The molecule has 0 heterocycles. The Labute approximate surface area is 163 Å². The Bertz CT molecular complexity index is 769. The predicted molar refractivity (Wildman–Crippen MR) is 114 cm³/mol. The Kier molecular flexibility index (Phi) is 7.20. The molecule has 27 heavy (non-hydrogen) atoms. The number of hydrogen-bond acceptors (Lipinski definition) is 2. The van der Waals surface area contributed by atoms with Crippen molar-refractivity contribution in [3.05, 3.63) is 108 Å². The van der Waals surface area contributed by atoms with Crippen LogP contribution in [0.25, 0.3) is 0 Å². The Morgan fingerprint density at radius 3 is 1.52 bits per heavy atom. The third-order valence-electron chi connectivity index (χ3n) is 4.99. The van der Waals surface area contributed by atoms with Gasteiger partial charge in [0.2, 0.25) is 0 Å². The molecule has 140 valence electrons. The van der Waals surface area contributed by atoms with E-state index >= 15 is 0 Å². The van der Waals surface area contributed by atoms with E-state index in [0.29, 0.717) is 12.0 Å². The van der Waals surface area contributed by atoms with Gasteiger partial charge in [-0.25, -0.2) is 0 Å². The zero-order valence-corrected chi connectivity index (χ0v) is 16.3. The van der Waals surface area contributed by atoms with Gasteiger partial charge in [0.15, 0.2) is 0 Å². The van der Waals surface area contributed by atoms with Gasteiger partial charge < -0.3 is 10.6 Å². The summed E-state index contributed by atoms with van der Waals surface area (Å²) < 4.78 is 0. The largest absolute Gasteiger partial charge is 0.308 e. The third-order valence-corrected chi connectivity index (χ3v) is 4.99. The van der Waals surface area contributed by atoms with Gasteiger partial charge in [-0.15, -0.1) is 0 Å². The topological polar surface area (TPSA) is 24.1 Å². The molecular weight excluding hydrogens is 328 g/mol. The van der Waals surface area contributed by atoms with Crippen LogP contribution in [0.5, 0.6) is 0 Å². The first-order valence-electron chi connectivity index (χ1n) is 9.83. The molecule has 2 atom stereocenters. The number of nitrogens with one attached hydrogen (secondary N) is 2. The molecule has 2 nitrogen and oxygen atoms in total. The molecule has 2 unspecified atom stereocenters. The highest BCUT2D eigenvalue weighted by Crippen LogP contribution is 2.23. The molecule has 2 N–H and O–H groups in total. The SMILES string of the molecule is CC(C)C(NCc1ccccc1)C(NCc1ccccc1)c1ccccc1. The highest BCUT2D eigenvalue weighted by atomic mass is 15.0. The summed E-state index contributed by atoms with van der Waals surface area (Å²) in [5.74, 6) is 0.502. The smallest absolute Gasteiger partial charge is 0.0481 e. The first kappa shape index (κ1) is 19.3. The zero-order valence-electron chi connectivity index (χ0n) is 16.3. The van der Waals surface area contributed by atoms with E-state index in [1.165, 1.54) is 16.7 Å². The van der Waals surface area contributed by atoms with Gasteiger partial charge in [0.25, 0.3) is 0 Å². The van der Waals surface area contributed by atoms with Crippen molar-refractivity contribution in [3.63, 3.8) is 0 Å². The summed E-state index contributed by atoms with van der Waals surface area (Å²) in [6, 6.07) is 32.6. The van der Waals surface area contributed by atoms with Crippen molar-refractivity contribution in [2.75, 3.05) is 0 Å². The van der Waals surface area contributed by atoms with E-state index in [1.54, 1.807) is 0 Å². The fourth-order valence-electron chi connectivity index (χ4n) is 3.51. The second kappa shape index (κ2) is 10.1. The van der Waals surface area contributed by atoms with Crippen molar-refractivity contribution in [2.45, 2.75) is 39.0 Å². The summed E-state index contributed by atoms with van der Waals surface area (Å²) >= 11 is 0. The van der Waals surface area contributed by atoms with Crippen LogP contribution in [0.3, 0.4) is 0 Å². The fourth-order valence-corrected chi connectivity index (χ4v) is 3.51. The minimum absolute atomic E-state index is 0.245. The van der Waals surface area contributed by atoms with Crippen LogP contribution >= 0.6 is 0 Å². The average molecular weight is 359 g/mol. The quantitative estimate of drug-likeness (QED) is 0.540. The number of benzene rings is 3. The molecule has 0 aliphatic carbocycles. The van der Waals surface area contributed by atoms with Crippen molar-refractivity contribution in [1.29, 1.82) is 0 Å². The molecule has 0 saturated heterocycles. The zero-order chi connectivity index (χ0) is 18.9. The highest BCUT2D eigenvalue weighted by Gasteiger charge is 2.25. The van der Waals surface area contributed by atoms with Crippen LogP contribution < -0.4 is 10.6 Å². The van der Waals surface area contributed by atoms with Gasteiger partial charge in [-0.05, 0) is 22.6 Å². The summed E-state index contributed by atoms with van der Waals surface area (Å²) in [5.41, 5.74) is 3.95. The van der Waals surface area contributed by atoms with Crippen LogP contribution in [0.2, 0.25) is 0 Å². The van der Waals surface area contributed by atoms with Crippen molar-refractivity contribution in [1.82, 2.24) is 10.6 Å². The summed E-state index contributed by atoms with van der Waals surface area (Å²) in [6.45, 7) is 6.32. The van der Waals surface area contributed by atoms with Gasteiger partial charge in [-0.1, -0.05) is 105 Å². The maximum atomic E-state index is 3.81. The summed E-state index contributed by atoms with van der Waals surface area (Å²) in [5, 5.41) is 7.62. The molecule has 0 aliphatic rings. The lowest BCUT2D eigenvalue weighted by molar-refractivity contribution is 0.301. The first-order chi connectivity index (χ1) is 13.2. The van der Waals surface area contributed by atoms with Crippen LogP contribution in [0.1, 0.15) is 36.6 Å². The van der Waals surface area contributed by atoms with Gasteiger partial charge in [0, 0.05) is 25.2 Å². The van der Waals surface area contributed by atoms with Crippen molar-refractivity contribution in [3.8, 4) is 0 Å². The Morgan fingerprint density at radius 1 is 0.593 bits per heavy atom.